The van der Waals surface area contributed by atoms with Crippen LogP contribution in [0.1, 0.15) is 49.3 Å². The average Bonchev–Trinajstić information content (AvgIpc) is 3.34. The van der Waals surface area contributed by atoms with E-state index in [2.05, 4.69) is 70.4 Å². The number of pyridine rings is 1. The summed E-state index contributed by atoms with van der Waals surface area (Å²) < 4.78 is 12.7. The highest BCUT2D eigenvalue weighted by molar-refractivity contribution is 5.83. The second kappa shape index (κ2) is 8.81. The number of nitrogens with zero attached hydrogens (tertiary/aromatic N) is 5. The van der Waals surface area contributed by atoms with Gasteiger partial charge < -0.3 is 14.5 Å². The van der Waals surface area contributed by atoms with Crippen LogP contribution in [0.3, 0.4) is 0 Å². The molecule has 0 saturated heterocycles. The number of benzene rings is 2. The zero-order valence-corrected chi connectivity index (χ0v) is 20.7. The second-order valence-electron chi connectivity index (χ2n) is 9.86. The Balaban J connectivity index is 1.70. The summed E-state index contributed by atoms with van der Waals surface area (Å²) in [6.45, 7) is 7.63. The van der Waals surface area contributed by atoms with Gasteiger partial charge in [0.15, 0.2) is 17.3 Å². The molecule has 9 heteroatoms. The number of fused-ring (bicyclic) bond motifs is 2. The first-order chi connectivity index (χ1) is 16.8. The molecule has 1 N–H and O–H groups in total. The predicted octanol–water partition coefficient (Wildman–Crippen LogP) is 3.43. The Morgan fingerprint density at radius 1 is 1.03 bits per heavy atom. The Labute approximate surface area is 203 Å². The quantitative estimate of drug-likeness (QED) is 0.473. The highest BCUT2D eigenvalue weighted by Gasteiger charge is 2.34. The van der Waals surface area contributed by atoms with Crippen LogP contribution in [0.5, 0.6) is 11.5 Å². The third kappa shape index (κ3) is 4.16. The maximum atomic E-state index is 13.5. The number of H-pyrrole nitrogens is 1. The monoisotopic (exact) mass is 474 g/mol. The maximum Gasteiger partial charge on any atom is 0.253 e. The van der Waals surface area contributed by atoms with Crippen LogP contribution in [0.2, 0.25) is 0 Å². The Hall–Kier alpha value is -3.72. The zero-order valence-electron chi connectivity index (χ0n) is 20.7. The molecule has 0 amide bonds. The van der Waals surface area contributed by atoms with Crippen molar-refractivity contribution in [3.8, 4) is 11.5 Å². The standard InChI is InChI=1S/C26H30N6O3/c1-26(2,3)32-24(28-29-30-32)23(31-11-10-16-8-6-7-9-17(16)15-31)19-12-18-13-21(34-4)22(35-5)14-20(18)27-25(19)33/h6-9,12-14,23H,10-11,15H2,1-5H3,(H,27,33)/t23-/m1/s1. The fourth-order valence-electron chi connectivity index (χ4n) is 4.83. The van der Waals surface area contributed by atoms with Crippen molar-refractivity contribution >= 4 is 10.9 Å². The highest BCUT2D eigenvalue weighted by Crippen LogP contribution is 2.35. The molecule has 182 valence electrons. The molecule has 2 aromatic carbocycles. The molecule has 1 aliphatic heterocycles. The minimum absolute atomic E-state index is 0.183. The van der Waals surface area contributed by atoms with E-state index in [0.29, 0.717) is 34.9 Å². The lowest BCUT2D eigenvalue weighted by atomic mass is 9.95. The molecule has 3 heterocycles. The molecule has 1 atom stereocenters. The molecule has 0 fully saturated rings. The van der Waals surface area contributed by atoms with E-state index >= 15 is 0 Å². The fraction of sp³-hybridized carbons (Fsp3) is 0.385. The molecule has 0 saturated carbocycles. The molecule has 9 nitrogen and oxygen atoms in total. The van der Waals surface area contributed by atoms with Gasteiger partial charge in [-0.3, -0.25) is 9.69 Å². The summed E-state index contributed by atoms with van der Waals surface area (Å²) in [7, 11) is 3.18. The fourth-order valence-corrected chi connectivity index (χ4v) is 4.83. The van der Waals surface area contributed by atoms with E-state index in [9.17, 15) is 4.79 Å². The summed E-state index contributed by atoms with van der Waals surface area (Å²) in [5.74, 6) is 1.80. The van der Waals surface area contributed by atoms with E-state index in [1.165, 1.54) is 11.1 Å². The molecule has 35 heavy (non-hydrogen) atoms. The summed E-state index contributed by atoms with van der Waals surface area (Å²) in [6.07, 6.45) is 0.889. The molecular weight excluding hydrogens is 444 g/mol. The summed E-state index contributed by atoms with van der Waals surface area (Å²) in [5, 5.41) is 13.6. The minimum atomic E-state index is -0.432. The molecule has 0 unspecified atom stereocenters. The van der Waals surface area contributed by atoms with Crippen molar-refractivity contribution < 1.29 is 9.47 Å². The maximum absolute atomic E-state index is 13.5. The smallest absolute Gasteiger partial charge is 0.253 e. The number of ether oxygens (including phenoxy) is 2. The van der Waals surface area contributed by atoms with Crippen molar-refractivity contribution in [2.75, 3.05) is 20.8 Å². The number of nitrogens with one attached hydrogen (secondary N) is 1. The van der Waals surface area contributed by atoms with Crippen LogP contribution in [0.4, 0.5) is 0 Å². The van der Waals surface area contributed by atoms with Crippen LogP contribution < -0.4 is 15.0 Å². The molecule has 1 aliphatic rings. The van der Waals surface area contributed by atoms with Crippen molar-refractivity contribution in [3.05, 3.63) is 75.3 Å². The molecule has 2 aromatic heterocycles. The van der Waals surface area contributed by atoms with Crippen molar-refractivity contribution in [2.45, 2.75) is 45.3 Å². The summed E-state index contributed by atoms with van der Waals surface area (Å²) >= 11 is 0. The lowest BCUT2D eigenvalue weighted by molar-refractivity contribution is 0.185. The third-order valence-corrected chi connectivity index (χ3v) is 6.57. The van der Waals surface area contributed by atoms with Crippen molar-refractivity contribution in [1.82, 2.24) is 30.1 Å². The number of methoxy groups -OCH3 is 2. The number of hydrogen-bond donors (Lipinski definition) is 1. The summed E-state index contributed by atoms with van der Waals surface area (Å²) in [5.41, 5.74) is 3.31. The van der Waals surface area contributed by atoms with Crippen LogP contribution in [-0.2, 0) is 18.5 Å². The van der Waals surface area contributed by atoms with Gasteiger partial charge in [-0.15, -0.1) is 5.10 Å². The molecule has 4 aromatic rings. The van der Waals surface area contributed by atoms with Gasteiger partial charge >= 0.3 is 0 Å². The summed E-state index contributed by atoms with van der Waals surface area (Å²) in [4.78, 5) is 18.9. The number of tetrazole rings is 1. The summed E-state index contributed by atoms with van der Waals surface area (Å²) in [6, 6.07) is 13.6. The minimum Gasteiger partial charge on any atom is -0.493 e. The number of aromatic nitrogens is 5. The topological polar surface area (TPSA) is 98.2 Å². The Morgan fingerprint density at radius 2 is 1.74 bits per heavy atom. The molecular formula is C26H30N6O3. The van der Waals surface area contributed by atoms with Gasteiger partial charge in [-0.25, -0.2) is 4.68 Å². The average molecular weight is 475 g/mol. The van der Waals surface area contributed by atoms with Gasteiger partial charge in [0.2, 0.25) is 0 Å². The Kier molecular flexibility index (Phi) is 5.80. The van der Waals surface area contributed by atoms with Crippen molar-refractivity contribution in [3.63, 3.8) is 0 Å². The van der Waals surface area contributed by atoms with E-state index < -0.39 is 6.04 Å². The van der Waals surface area contributed by atoms with Crippen LogP contribution in [-0.4, -0.2) is 50.9 Å². The van der Waals surface area contributed by atoms with Gasteiger partial charge in [0.1, 0.15) is 6.04 Å². The first-order valence-electron chi connectivity index (χ1n) is 11.7. The lowest BCUT2D eigenvalue weighted by Crippen LogP contribution is -2.40. The molecule has 0 radical (unpaired) electrons. The predicted molar refractivity (Wildman–Crippen MR) is 133 cm³/mol. The second-order valence-corrected chi connectivity index (χ2v) is 9.86. The van der Waals surface area contributed by atoms with E-state index in [4.69, 9.17) is 9.47 Å². The Morgan fingerprint density at radius 3 is 2.46 bits per heavy atom. The Bertz CT molecular complexity index is 1440. The van der Waals surface area contributed by atoms with Crippen molar-refractivity contribution in [2.24, 2.45) is 0 Å². The molecule has 0 spiro atoms. The SMILES string of the molecule is COc1cc2cc([C@H](c3nnnn3C(C)(C)C)N3CCc4ccccc4C3)c(=O)[nH]c2cc1OC. The molecule has 5 rings (SSSR count). The van der Waals surface area contributed by atoms with Crippen LogP contribution in [0, 0.1) is 0 Å². The van der Waals surface area contributed by atoms with Gasteiger partial charge in [0.05, 0.1) is 25.3 Å². The number of aromatic amines is 1. The van der Waals surface area contributed by atoms with Gasteiger partial charge in [-0.1, -0.05) is 24.3 Å². The van der Waals surface area contributed by atoms with E-state index in [0.717, 1.165) is 18.4 Å². The van der Waals surface area contributed by atoms with Gasteiger partial charge in [-0.2, -0.15) is 0 Å². The van der Waals surface area contributed by atoms with Crippen LogP contribution in [0.15, 0.2) is 47.3 Å². The molecule has 0 aliphatic carbocycles. The van der Waals surface area contributed by atoms with E-state index in [1.807, 2.05) is 16.8 Å². The van der Waals surface area contributed by atoms with Gasteiger partial charge in [0, 0.05) is 30.1 Å². The van der Waals surface area contributed by atoms with Gasteiger partial charge in [-0.05, 0) is 60.9 Å². The molecule has 0 bridgehead atoms. The first kappa shape index (κ1) is 23.0. The third-order valence-electron chi connectivity index (χ3n) is 6.57. The van der Waals surface area contributed by atoms with Gasteiger partial charge in [0.25, 0.3) is 5.56 Å². The van der Waals surface area contributed by atoms with Crippen LogP contribution >= 0.6 is 0 Å². The van der Waals surface area contributed by atoms with Crippen LogP contribution in [0.25, 0.3) is 10.9 Å². The largest absolute Gasteiger partial charge is 0.493 e. The zero-order chi connectivity index (χ0) is 24.7. The first-order valence-corrected chi connectivity index (χ1v) is 11.7. The van der Waals surface area contributed by atoms with E-state index in [1.54, 1.807) is 20.3 Å². The number of rotatable bonds is 5. The highest BCUT2D eigenvalue weighted by atomic mass is 16.5. The lowest BCUT2D eigenvalue weighted by Gasteiger charge is -2.36. The van der Waals surface area contributed by atoms with E-state index in [-0.39, 0.29) is 11.1 Å². The normalized spacial score (nSPS) is 15.1. The van der Waals surface area contributed by atoms with Crippen molar-refractivity contribution in [1.29, 1.82) is 0 Å². The number of hydrogen-bond acceptors (Lipinski definition) is 7.